The van der Waals surface area contributed by atoms with Crippen LogP contribution in [0.2, 0.25) is 5.02 Å². The van der Waals surface area contributed by atoms with Crippen LogP contribution in [0, 0.1) is 12.8 Å². The van der Waals surface area contributed by atoms with Crippen LogP contribution < -0.4 is 5.32 Å². The van der Waals surface area contributed by atoms with E-state index in [0.717, 1.165) is 37.4 Å². The first-order valence-electron chi connectivity index (χ1n) is 8.95. The maximum atomic E-state index is 12.5. The zero-order chi connectivity index (χ0) is 18.4. The van der Waals surface area contributed by atoms with E-state index in [9.17, 15) is 9.59 Å². The first-order valence-corrected chi connectivity index (χ1v) is 9.33. The van der Waals surface area contributed by atoms with Gasteiger partial charge in [-0.15, -0.1) is 0 Å². The number of carbonyl (C=O) groups is 2. The lowest BCUT2D eigenvalue weighted by atomic mass is 9.99. The molecule has 0 atom stereocenters. The Hall–Kier alpha value is -1.59. The molecule has 0 aromatic heterocycles. The lowest BCUT2D eigenvalue weighted by Crippen LogP contribution is -2.45. The minimum Gasteiger partial charge on any atom is -0.333 e. The maximum absolute atomic E-state index is 12.5. The monoisotopic (exact) mass is 365 g/mol. The van der Waals surface area contributed by atoms with Crippen LogP contribution in [0.3, 0.4) is 0 Å². The Labute approximate surface area is 155 Å². The summed E-state index contributed by atoms with van der Waals surface area (Å²) in [5.74, 6) is 0.545. The van der Waals surface area contributed by atoms with E-state index in [0.29, 0.717) is 23.8 Å². The highest BCUT2D eigenvalue weighted by Crippen LogP contribution is 2.20. The first kappa shape index (κ1) is 19.7. The predicted molar refractivity (Wildman–Crippen MR) is 102 cm³/mol. The molecule has 2 rings (SSSR count). The van der Waals surface area contributed by atoms with E-state index in [1.165, 1.54) is 0 Å². The van der Waals surface area contributed by atoms with Crippen LogP contribution in [-0.4, -0.2) is 54.3 Å². The second-order valence-electron chi connectivity index (χ2n) is 6.87. The molecule has 0 bridgehead atoms. The number of likely N-dealkylation sites (N-methyl/N-ethyl adjacent to an activating group) is 1. The van der Waals surface area contributed by atoms with Gasteiger partial charge in [0.2, 0.25) is 11.8 Å². The molecule has 2 amide bonds. The van der Waals surface area contributed by atoms with Crippen molar-refractivity contribution in [3.8, 4) is 0 Å². The number of rotatable bonds is 6. The summed E-state index contributed by atoms with van der Waals surface area (Å²) in [4.78, 5) is 28.6. The fourth-order valence-electron chi connectivity index (χ4n) is 2.98. The number of amides is 2. The third kappa shape index (κ3) is 6.01. The van der Waals surface area contributed by atoms with E-state index in [2.05, 4.69) is 17.1 Å². The van der Waals surface area contributed by atoms with Crippen molar-refractivity contribution in [1.29, 1.82) is 0 Å². The number of hydrogen-bond acceptors (Lipinski definition) is 3. The molecule has 0 aliphatic carbocycles. The molecular weight excluding hydrogens is 338 g/mol. The summed E-state index contributed by atoms with van der Waals surface area (Å²) in [7, 11) is 0. The SMILES string of the molecule is CCN(CC(=O)Nc1cc(Cl)ccc1C)C(=O)CN1CCC(C)CC1. The van der Waals surface area contributed by atoms with Crippen molar-refractivity contribution >= 4 is 29.1 Å². The average molecular weight is 366 g/mol. The third-order valence-corrected chi connectivity index (χ3v) is 5.01. The molecular formula is C19H28ClN3O2. The molecule has 1 fully saturated rings. The number of aryl methyl sites for hydroxylation is 1. The molecule has 1 saturated heterocycles. The molecule has 1 heterocycles. The van der Waals surface area contributed by atoms with E-state index in [1.54, 1.807) is 17.0 Å². The van der Waals surface area contributed by atoms with Gasteiger partial charge in [-0.25, -0.2) is 0 Å². The molecule has 5 nitrogen and oxygen atoms in total. The molecule has 0 radical (unpaired) electrons. The van der Waals surface area contributed by atoms with Gasteiger partial charge in [0, 0.05) is 17.3 Å². The fraction of sp³-hybridized carbons (Fsp3) is 0.579. The molecule has 0 saturated carbocycles. The molecule has 1 N–H and O–H groups in total. The Morgan fingerprint density at radius 2 is 2.00 bits per heavy atom. The standard InChI is InChI=1S/C19H28ClN3O2/c1-4-23(19(25)13-22-9-7-14(2)8-10-22)12-18(24)21-17-11-16(20)6-5-15(17)3/h5-6,11,14H,4,7-10,12-13H2,1-3H3,(H,21,24). The minimum absolute atomic E-state index is 0.00928. The van der Waals surface area contributed by atoms with Gasteiger partial charge in [0.15, 0.2) is 0 Å². The van der Waals surface area contributed by atoms with Gasteiger partial charge in [0.05, 0.1) is 13.1 Å². The van der Waals surface area contributed by atoms with Crippen LogP contribution in [0.1, 0.15) is 32.3 Å². The number of nitrogens with zero attached hydrogens (tertiary/aromatic N) is 2. The van der Waals surface area contributed by atoms with Crippen LogP contribution in [0.15, 0.2) is 18.2 Å². The molecule has 1 aliphatic heterocycles. The van der Waals surface area contributed by atoms with Crippen LogP contribution in [0.25, 0.3) is 0 Å². The summed E-state index contributed by atoms with van der Waals surface area (Å²) in [6, 6.07) is 5.37. The number of benzene rings is 1. The zero-order valence-electron chi connectivity index (χ0n) is 15.3. The summed E-state index contributed by atoms with van der Waals surface area (Å²) in [5, 5.41) is 3.42. The Balaban J connectivity index is 1.88. The van der Waals surface area contributed by atoms with Gasteiger partial charge in [-0.3, -0.25) is 14.5 Å². The molecule has 0 spiro atoms. The van der Waals surface area contributed by atoms with Crippen LogP contribution >= 0.6 is 11.6 Å². The van der Waals surface area contributed by atoms with E-state index in [1.807, 2.05) is 19.9 Å². The number of carbonyl (C=O) groups excluding carboxylic acids is 2. The Bertz CT molecular complexity index is 613. The molecule has 0 unspecified atom stereocenters. The second kappa shape index (κ2) is 9.20. The number of piperidine rings is 1. The minimum atomic E-state index is -0.201. The summed E-state index contributed by atoms with van der Waals surface area (Å²) in [6.45, 7) is 8.94. The molecule has 1 aliphatic rings. The third-order valence-electron chi connectivity index (χ3n) is 4.78. The Morgan fingerprint density at radius 1 is 1.32 bits per heavy atom. The van der Waals surface area contributed by atoms with Gasteiger partial charge in [-0.05, 0) is 63.4 Å². The van der Waals surface area contributed by atoms with Gasteiger partial charge in [0.1, 0.15) is 0 Å². The summed E-state index contributed by atoms with van der Waals surface area (Å²) in [6.07, 6.45) is 2.27. The highest BCUT2D eigenvalue weighted by Gasteiger charge is 2.22. The average Bonchev–Trinajstić information content (AvgIpc) is 2.58. The van der Waals surface area contributed by atoms with Crippen LogP contribution in [0.5, 0.6) is 0 Å². The second-order valence-corrected chi connectivity index (χ2v) is 7.31. The van der Waals surface area contributed by atoms with Crippen LogP contribution in [0.4, 0.5) is 5.69 Å². The number of nitrogens with one attached hydrogen (secondary N) is 1. The lowest BCUT2D eigenvalue weighted by molar-refractivity contribution is -0.135. The smallest absolute Gasteiger partial charge is 0.244 e. The van der Waals surface area contributed by atoms with Crippen molar-refractivity contribution in [2.24, 2.45) is 5.92 Å². The van der Waals surface area contributed by atoms with Gasteiger partial charge in [0.25, 0.3) is 0 Å². The van der Waals surface area contributed by atoms with Crippen molar-refractivity contribution < 1.29 is 9.59 Å². The molecule has 1 aromatic rings. The van der Waals surface area contributed by atoms with Gasteiger partial charge < -0.3 is 10.2 Å². The molecule has 6 heteroatoms. The normalized spacial score (nSPS) is 15.8. The topological polar surface area (TPSA) is 52.7 Å². The molecule has 25 heavy (non-hydrogen) atoms. The van der Waals surface area contributed by atoms with Gasteiger partial charge in [-0.1, -0.05) is 24.6 Å². The largest absolute Gasteiger partial charge is 0.333 e. The van der Waals surface area contributed by atoms with Crippen molar-refractivity contribution in [3.63, 3.8) is 0 Å². The summed E-state index contributed by atoms with van der Waals surface area (Å²) in [5.41, 5.74) is 1.63. The lowest BCUT2D eigenvalue weighted by Gasteiger charge is -2.31. The highest BCUT2D eigenvalue weighted by atomic mass is 35.5. The van der Waals surface area contributed by atoms with E-state index in [-0.39, 0.29) is 18.4 Å². The maximum Gasteiger partial charge on any atom is 0.244 e. The number of halogens is 1. The predicted octanol–water partition coefficient (Wildman–Crippen LogP) is 3.17. The van der Waals surface area contributed by atoms with Crippen molar-refractivity contribution in [3.05, 3.63) is 28.8 Å². The van der Waals surface area contributed by atoms with Gasteiger partial charge >= 0.3 is 0 Å². The van der Waals surface area contributed by atoms with Crippen LogP contribution in [-0.2, 0) is 9.59 Å². The summed E-state index contributed by atoms with van der Waals surface area (Å²) < 4.78 is 0. The highest BCUT2D eigenvalue weighted by molar-refractivity contribution is 6.31. The van der Waals surface area contributed by atoms with E-state index >= 15 is 0 Å². The zero-order valence-corrected chi connectivity index (χ0v) is 16.1. The molecule has 1 aromatic carbocycles. The number of anilines is 1. The Kier molecular flexibility index (Phi) is 7.26. The van der Waals surface area contributed by atoms with E-state index in [4.69, 9.17) is 11.6 Å². The Morgan fingerprint density at radius 3 is 2.64 bits per heavy atom. The number of likely N-dealkylation sites (tertiary alicyclic amines) is 1. The van der Waals surface area contributed by atoms with Crippen molar-refractivity contribution in [1.82, 2.24) is 9.80 Å². The van der Waals surface area contributed by atoms with E-state index < -0.39 is 0 Å². The quantitative estimate of drug-likeness (QED) is 0.842. The van der Waals surface area contributed by atoms with Crippen molar-refractivity contribution in [2.45, 2.75) is 33.6 Å². The van der Waals surface area contributed by atoms with Crippen molar-refractivity contribution in [2.75, 3.05) is 38.0 Å². The summed E-state index contributed by atoms with van der Waals surface area (Å²) >= 11 is 5.98. The van der Waals surface area contributed by atoms with Gasteiger partial charge in [-0.2, -0.15) is 0 Å². The molecule has 138 valence electrons. The first-order chi connectivity index (χ1) is 11.9. The fourth-order valence-corrected chi connectivity index (χ4v) is 3.15. The number of hydrogen-bond donors (Lipinski definition) is 1.